The molecule has 0 aliphatic carbocycles. The summed E-state index contributed by atoms with van der Waals surface area (Å²) >= 11 is 13.4. The third kappa shape index (κ3) is 5.69. The van der Waals surface area contributed by atoms with Crippen LogP contribution in [0.5, 0.6) is 5.75 Å². The fourth-order valence-electron chi connectivity index (χ4n) is 7.15. The molecule has 2 unspecified atom stereocenters. The molecule has 2 bridgehead atoms. The number of esters is 1. The molecule has 8 nitrogen and oxygen atoms in total. The molecule has 2 atom stereocenters. The van der Waals surface area contributed by atoms with Gasteiger partial charge in [-0.1, -0.05) is 59.6 Å². The van der Waals surface area contributed by atoms with Crippen LogP contribution in [-0.2, 0) is 16.0 Å². The molecule has 5 heterocycles. The van der Waals surface area contributed by atoms with Crippen molar-refractivity contribution in [2.24, 2.45) is 0 Å². The van der Waals surface area contributed by atoms with Gasteiger partial charge in [-0.3, -0.25) is 4.79 Å². The first-order valence-corrected chi connectivity index (χ1v) is 16.9. The fourth-order valence-corrected chi connectivity index (χ4v) is 7.79. The maximum atomic E-state index is 15.9. The molecule has 1 aromatic heterocycles. The second kappa shape index (κ2) is 12.7. The Balaban J connectivity index is 1.10. The Morgan fingerprint density at radius 3 is 2.57 bits per heavy atom. The SMILES string of the molecule is COC(=O)c1cc(F)c(-c2cccc3c2OCN(C(=O)c2c(Cl)cc(-c4cc5ccccc5o4)cc2Cl)C3)cc1N1CC2CCCC1CO2. The Hall–Kier alpha value is -4.57. The van der Waals surface area contributed by atoms with E-state index in [2.05, 4.69) is 4.90 Å². The summed E-state index contributed by atoms with van der Waals surface area (Å²) in [4.78, 5) is 30.3. The number of hydrogen-bond donors (Lipinski definition) is 0. The zero-order valence-corrected chi connectivity index (χ0v) is 28.0. The number of carbonyl (C=O) groups excluding carboxylic acids is 2. The average molecular weight is 702 g/mol. The van der Waals surface area contributed by atoms with E-state index >= 15 is 4.39 Å². The molecule has 0 saturated carbocycles. The summed E-state index contributed by atoms with van der Waals surface area (Å²) in [5.41, 5.74) is 3.78. The van der Waals surface area contributed by atoms with Crippen molar-refractivity contribution >= 4 is 51.7 Å². The Labute approximate surface area is 291 Å². The van der Waals surface area contributed by atoms with E-state index in [1.807, 2.05) is 36.4 Å². The fraction of sp³-hybridized carbons (Fsp3) is 0.263. The maximum absolute atomic E-state index is 15.9. The van der Waals surface area contributed by atoms with E-state index < -0.39 is 17.7 Å². The Morgan fingerprint density at radius 1 is 0.959 bits per heavy atom. The lowest BCUT2D eigenvalue weighted by Crippen LogP contribution is -2.48. The van der Waals surface area contributed by atoms with Gasteiger partial charge in [-0.2, -0.15) is 0 Å². The number of morpholine rings is 1. The molecule has 0 spiro atoms. The number of furan rings is 1. The second-order valence-electron chi connectivity index (χ2n) is 12.6. The topological polar surface area (TPSA) is 81.5 Å². The Bertz CT molecular complexity index is 2070. The molecule has 250 valence electrons. The summed E-state index contributed by atoms with van der Waals surface area (Å²) in [5, 5.41) is 1.30. The van der Waals surface area contributed by atoms with E-state index in [1.54, 1.807) is 30.3 Å². The predicted octanol–water partition coefficient (Wildman–Crippen LogP) is 8.75. The summed E-state index contributed by atoms with van der Waals surface area (Å²) in [7, 11) is 1.29. The Morgan fingerprint density at radius 2 is 1.78 bits per heavy atom. The smallest absolute Gasteiger partial charge is 0.340 e. The molecule has 11 heteroatoms. The minimum atomic E-state index is -0.607. The van der Waals surface area contributed by atoms with E-state index in [4.69, 9.17) is 41.8 Å². The summed E-state index contributed by atoms with van der Waals surface area (Å²) in [6.07, 6.45) is 2.90. The lowest BCUT2D eigenvalue weighted by molar-refractivity contribution is 0.0305. The van der Waals surface area contributed by atoms with Gasteiger partial charge in [0.2, 0.25) is 0 Å². The molecular weight excluding hydrogens is 670 g/mol. The second-order valence-corrected chi connectivity index (χ2v) is 13.4. The van der Waals surface area contributed by atoms with Crippen LogP contribution in [0.3, 0.4) is 0 Å². The molecule has 1 amide bonds. The number of hydrogen-bond acceptors (Lipinski definition) is 7. The molecule has 49 heavy (non-hydrogen) atoms. The average Bonchev–Trinajstić information content (AvgIpc) is 3.28. The van der Waals surface area contributed by atoms with Gasteiger partial charge in [-0.15, -0.1) is 0 Å². The first kappa shape index (κ1) is 31.7. The van der Waals surface area contributed by atoms with Gasteiger partial charge in [0, 0.05) is 34.2 Å². The molecule has 5 aromatic rings. The minimum absolute atomic E-state index is 0.0394. The van der Waals surface area contributed by atoms with Crippen LogP contribution in [-0.4, -0.2) is 55.9 Å². The number of anilines is 1. The van der Waals surface area contributed by atoms with Gasteiger partial charge in [0.15, 0.2) is 6.73 Å². The highest BCUT2D eigenvalue weighted by molar-refractivity contribution is 6.40. The number of nitrogens with zero attached hydrogens (tertiary/aromatic N) is 2. The minimum Gasteiger partial charge on any atom is -0.472 e. The highest BCUT2D eigenvalue weighted by Crippen LogP contribution is 2.43. The van der Waals surface area contributed by atoms with Gasteiger partial charge in [0.1, 0.15) is 22.9 Å². The molecule has 4 aromatic carbocycles. The van der Waals surface area contributed by atoms with Crippen LogP contribution in [0.2, 0.25) is 10.0 Å². The van der Waals surface area contributed by atoms with Crippen molar-refractivity contribution in [2.75, 3.05) is 31.9 Å². The molecule has 0 radical (unpaired) electrons. The third-order valence-corrected chi connectivity index (χ3v) is 10.2. The van der Waals surface area contributed by atoms with Crippen LogP contribution in [0.1, 0.15) is 45.5 Å². The van der Waals surface area contributed by atoms with Crippen molar-refractivity contribution in [1.82, 2.24) is 4.90 Å². The molecule has 0 N–H and O–H groups in total. The van der Waals surface area contributed by atoms with Gasteiger partial charge in [-0.05, 0) is 55.7 Å². The van der Waals surface area contributed by atoms with E-state index in [0.717, 1.165) is 30.2 Å². The van der Waals surface area contributed by atoms with Crippen LogP contribution in [0.15, 0.2) is 77.2 Å². The predicted molar refractivity (Wildman–Crippen MR) is 185 cm³/mol. The van der Waals surface area contributed by atoms with Crippen molar-refractivity contribution in [3.05, 3.63) is 105 Å². The zero-order valence-electron chi connectivity index (χ0n) is 26.5. The number of amides is 1. The van der Waals surface area contributed by atoms with E-state index in [-0.39, 0.29) is 52.2 Å². The molecule has 3 saturated heterocycles. The number of ether oxygens (including phenoxy) is 3. The van der Waals surface area contributed by atoms with Gasteiger partial charge < -0.3 is 28.4 Å². The number of para-hydroxylation sites is 2. The van der Waals surface area contributed by atoms with Crippen LogP contribution in [0.4, 0.5) is 10.1 Å². The van der Waals surface area contributed by atoms with Gasteiger partial charge in [0.05, 0.1) is 59.3 Å². The van der Waals surface area contributed by atoms with Crippen molar-refractivity contribution in [2.45, 2.75) is 38.0 Å². The van der Waals surface area contributed by atoms with E-state index in [9.17, 15) is 9.59 Å². The van der Waals surface area contributed by atoms with Crippen molar-refractivity contribution < 1.29 is 32.6 Å². The highest BCUT2D eigenvalue weighted by Gasteiger charge is 2.36. The highest BCUT2D eigenvalue weighted by atomic mass is 35.5. The largest absolute Gasteiger partial charge is 0.472 e. The monoisotopic (exact) mass is 700 g/mol. The van der Waals surface area contributed by atoms with Gasteiger partial charge >= 0.3 is 5.97 Å². The summed E-state index contributed by atoms with van der Waals surface area (Å²) in [5.74, 6) is -0.556. The van der Waals surface area contributed by atoms with E-state index in [1.165, 1.54) is 18.1 Å². The summed E-state index contributed by atoms with van der Waals surface area (Å²) < 4.78 is 39.2. The number of benzene rings is 4. The van der Waals surface area contributed by atoms with Gasteiger partial charge in [0.25, 0.3) is 5.91 Å². The van der Waals surface area contributed by atoms with Crippen LogP contribution >= 0.6 is 23.2 Å². The van der Waals surface area contributed by atoms with E-state index in [0.29, 0.717) is 47.0 Å². The lowest BCUT2D eigenvalue weighted by atomic mass is 9.96. The molecule has 9 rings (SSSR count). The number of halogens is 3. The maximum Gasteiger partial charge on any atom is 0.340 e. The molecule has 4 aliphatic rings. The van der Waals surface area contributed by atoms with Crippen LogP contribution in [0, 0.1) is 5.82 Å². The number of rotatable bonds is 5. The Kier molecular flexibility index (Phi) is 8.22. The zero-order chi connectivity index (χ0) is 33.8. The van der Waals surface area contributed by atoms with Crippen molar-refractivity contribution in [3.63, 3.8) is 0 Å². The first-order valence-electron chi connectivity index (χ1n) is 16.1. The molecule has 3 fully saturated rings. The van der Waals surface area contributed by atoms with Crippen molar-refractivity contribution in [3.8, 4) is 28.2 Å². The van der Waals surface area contributed by atoms with Crippen LogP contribution in [0.25, 0.3) is 33.4 Å². The first-order chi connectivity index (χ1) is 23.8. The standard InChI is InChI=1S/C38H31Cl2FN2O6/c1-46-38(45)28-15-31(41)27(16-32(28)43-18-25-9-5-8-24(43)19-47-25)26-10-4-7-22-17-42(20-48-36(22)26)37(44)35-29(39)12-23(13-30(35)40)34-14-21-6-2-3-11-33(21)49-34/h2-4,6-7,10-16,24-25H,5,8-9,17-20H2,1H3. The van der Waals surface area contributed by atoms with Crippen LogP contribution < -0.4 is 9.64 Å². The number of methoxy groups -OCH3 is 1. The van der Waals surface area contributed by atoms with Crippen molar-refractivity contribution in [1.29, 1.82) is 0 Å². The number of carbonyl (C=O) groups is 2. The lowest BCUT2D eigenvalue weighted by Gasteiger charge is -2.39. The quantitative estimate of drug-likeness (QED) is 0.170. The molecular formula is C38H31Cl2FN2O6. The normalized spacial score (nSPS) is 18.6. The third-order valence-electron chi connectivity index (χ3n) is 9.59. The summed E-state index contributed by atoms with van der Waals surface area (Å²) in [6.45, 7) is 1.22. The van der Waals surface area contributed by atoms with Gasteiger partial charge in [-0.25, -0.2) is 9.18 Å². The summed E-state index contributed by atoms with van der Waals surface area (Å²) in [6, 6.07) is 21.3. The number of fused-ring (bicyclic) bond motifs is 6. The molecule has 4 aliphatic heterocycles.